The summed E-state index contributed by atoms with van der Waals surface area (Å²) in [4.78, 5) is 12.7. The molecule has 8 nitrogen and oxygen atoms in total. The lowest BCUT2D eigenvalue weighted by molar-refractivity contribution is -0.386. The molecule has 0 aliphatic carbocycles. The van der Waals surface area contributed by atoms with Crippen molar-refractivity contribution in [3.8, 4) is 0 Å². The van der Waals surface area contributed by atoms with Gasteiger partial charge in [0.25, 0.3) is 0 Å². The third-order valence-corrected chi connectivity index (χ3v) is 3.87. The van der Waals surface area contributed by atoms with Crippen molar-refractivity contribution in [2.24, 2.45) is 0 Å². The second kappa shape index (κ2) is 6.72. The average molecular weight is 312 g/mol. The molecular weight excluding hydrogens is 288 g/mol. The predicted octanol–water partition coefficient (Wildman–Crippen LogP) is 0.878. The van der Waals surface area contributed by atoms with Gasteiger partial charge < -0.3 is 9.84 Å². The largest absolute Gasteiger partial charge is 0.390 e. The topological polar surface area (TPSA) is 93.7 Å². The minimum Gasteiger partial charge on any atom is -0.390 e. The summed E-state index contributed by atoms with van der Waals surface area (Å²) in [6, 6.07) is 0. The molecule has 1 saturated heterocycles. The van der Waals surface area contributed by atoms with Gasteiger partial charge in [0.2, 0.25) is 0 Å². The van der Waals surface area contributed by atoms with Crippen LogP contribution in [0.25, 0.3) is 0 Å². The standard InChI is InChI=1S/C14H24N4O4/c1-9-5-16(6-10(2)22-9)7-13(19)8-17-12(4)14(18(20)21)11(3)15-17/h9-10,13,19H,5-8H2,1-4H3/t9-,10-,13+/m0/s1. The zero-order valence-electron chi connectivity index (χ0n) is 13.5. The van der Waals surface area contributed by atoms with Crippen molar-refractivity contribution in [1.29, 1.82) is 0 Å². The monoisotopic (exact) mass is 312 g/mol. The van der Waals surface area contributed by atoms with Gasteiger partial charge in [-0.25, -0.2) is 0 Å². The quantitative estimate of drug-likeness (QED) is 0.641. The van der Waals surface area contributed by atoms with E-state index in [1.165, 1.54) is 4.68 Å². The Morgan fingerprint density at radius 2 is 1.95 bits per heavy atom. The molecule has 1 aliphatic rings. The number of morpholine rings is 1. The number of aromatic nitrogens is 2. The van der Waals surface area contributed by atoms with Crippen molar-refractivity contribution < 1.29 is 14.8 Å². The van der Waals surface area contributed by atoms with E-state index in [2.05, 4.69) is 10.00 Å². The highest BCUT2D eigenvalue weighted by Crippen LogP contribution is 2.22. The number of β-amino-alcohol motifs (C(OH)–C–C–N with tert-alkyl or cyclic N) is 1. The predicted molar refractivity (Wildman–Crippen MR) is 80.8 cm³/mol. The molecule has 0 spiro atoms. The van der Waals surface area contributed by atoms with E-state index >= 15 is 0 Å². The number of nitrogens with zero attached hydrogens (tertiary/aromatic N) is 4. The summed E-state index contributed by atoms with van der Waals surface area (Å²) >= 11 is 0. The van der Waals surface area contributed by atoms with E-state index in [4.69, 9.17) is 4.74 Å². The highest BCUT2D eigenvalue weighted by atomic mass is 16.6. The van der Waals surface area contributed by atoms with Crippen LogP contribution in [-0.2, 0) is 11.3 Å². The molecule has 22 heavy (non-hydrogen) atoms. The summed E-state index contributed by atoms with van der Waals surface area (Å²) < 4.78 is 7.18. The number of rotatable bonds is 5. The SMILES string of the molecule is Cc1nn(C[C@H](O)CN2C[C@H](C)O[C@@H](C)C2)c(C)c1[N+](=O)[O-]. The van der Waals surface area contributed by atoms with Gasteiger partial charge in [-0.3, -0.25) is 19.7 Å². The molecule has 124 valence electrons. The number of hydrogen-bond donors (Lipinski definition) is 1. The van der Waals surface area contributed by atoms with Gasteiger partial charge in [-0.2, -0.15) is 5.10 Å². The fourth-order valence-corrected chi connectivity index (χ4v) is 3.12. The van der Waals surface area contributed by atoms with Crippen molar-refractivity contribution in [1.82, 2.24) is 14.7 Å². The van der Waals surface area contributed by atoms with Crippen LogP contribution in [0.3, 0.4) is 0 Å². The van der Waals surface area contributed by atoms with E-state index in [1.807, 2.05) is 13.8 Å². The first-order chi connectivity index (χ1) is 10.3. The Morgan fingerprint density at radius 3 is 2.45 bits per heavy atom. The molecule has 0 radical (unpaired) electrons. The molecule has 1 N–H and O–H groups in total. The number of aliphatic hydroxyl groups excluding tert-OH is 1. The smallest absolute Gasteiger partial charge is 0.312 e. The summed E-state index contributed by atoms with van der Waals surface area (Å²) in [7, 11) is 0. The number of ether oxygens (including phenoxy) is 1. The summed E-state index contributed by atoms with van der Waals surface area (Å²) in [5, 5.41) is 25.4. The van der Waals surface area contributed by atoms with Crippen LogP contribution in [-0.4, -0.2) is 62.7 Å². The number of nitro groups is 1. The average Bonchev–Trinajstić information content (AvgIpc) is 2.62. The summed E-state index contributed by atoms with van der Waals surface area (Å²) in [6.45, 7) is 9.60. The van der Waals surface area contributed by atoms with E-state index < -0.39 is 11.0 Å². The maximum Gasteiger partial charge on any atom is 0.312 e. The minimum atomic E-state index is -0.630. The van der Waals surface area contributed by atoms with Crippen LogP contribution in [0.15, 0.2) is 0 Å². The molecule has 1 aromatic rings. The lowest BCUT2D eigenvalue weighted by Gasteiger charge is -2.36. The second-order valence-electron chi connectivity index (χ2n) is 6.09. The molecule has 0 unspecified atom stereocenters. The highest BCUT2D eigenvalue weighted by molar-refractivity contribution is 5.39. The highest BCUT2D eigenvalue weighted by Gasteiger charge is 2.26. The molecule has 0 aromatic carbocycles. The molecule has 0 saturated carbocycles. The Bertz CT molecular complexity index is 535. The van der Waals surface area contributed by atoms with E-state index in [-0.39, 0.29) is 24.4 Å². The van der Waals surface area contributed by atoms with Crippen molar-refractivity contribution in [2.45, 2.75) is 52.6 Å². The molecule has 0 amide bonds. The Morgan fingerprint density at radius 1 is 1.36 bits per heavy atom. The van der Waals surface area contributed by atoms with E-state index in [0.29, 0.717) is 17.9 Å². The van der Waals surface area contributed by atoms with Gasteiger partial charge in [0, 0.05) is 19.6 Å². The molecule has 3 atom stereocenters. The first-order valence-corrected chi connectivity index (χ1v) is 7.52. The summed E-state index contributed by atoms with van der Waals surface area (Å²) in [5.74, 6) is 0. The van der Waals surface area contributed by atoms with Crippen LogP contribution in [0.1, 0.15) is 25.2 Å². The molecule has 1 aliphatic heterocycles. The maximum atomic E-state index is 11.0. The Labute approximate surface area is 129 Å². The molecule has 2 heterocycles. The number of hydrogen-bond acceptors (Lipinski definition) is 6. The van der Waals surface area contributed by atoms with Gasteiger partial charge in [0.05, 0.1) is 29.8 Å². The third-order valence-electron chi connectivity index (χ3n) is 3.87. The minimum absolute atomic E-state index is 0.0285. The van der Waals surface area contributed by atoms with E-state index in [9.17, 15) is 15.2 Å². The van der Waals surface area contributed by atoms with Crippen LogP contribution >= 0.6 is 0 Å². The zero-order valence-corrected chi connectivity index (χ0v) is 13.5. The number of aliphatic hydroxyl groups is 1. The molecule has 1 aromatic heterocycles. The van der Waals surface area contributed by atoms with E-state index in [0.717, 1.165) is 13.1 Å². The second-order valence-corrected chi connectivity index (χ2v) is 6.09. The molecule has 0 bridgehead atoms. The van der Waals surface area contributed by atoms with Crippen LogP contribution in [0.5, 0.6) is 0 Å². The third kappa shape index (κ3) is 3.82. The first kappa shape index (κ1) is 16.9. The van der Waals surface area contributed by atoms with Gasteiger partial charge in [0.1, 0.15) is 11.4 Å². The van der Waals surface area contributed by atoms with Gasteiger partial charge in [-0.05, 0) is 27.7 Å². The fourth-order valence-electron chi connectivity index (χ4n) is 3.12. The van der Waals surface area contributed by atoms with Crippen LogP contribution in [0.2, 0.25) is 0 Å². The molecule has 1 fully saturated rings. The Hall–Kier alpha value is -1.51. The molecule has 8 heteroatoms. The van der Waals surface area contributed by atoms with Crippen LogP contribution in [0.4, 0.5) is 5.69 Å². The van der Waals surface area contributed by atoms with E-state index in [1.54, 1.807) is 13.8 Å². The van der Waals surface area contributed by atoms with Gasteiger partial charge in [-0.1, -0.05) is 0 Å². The van der Waals surface area contributed by atoms with Crippen molar-refractivity contribution in [3.05, 3.63) is 21.5 Å². The van der Waals surface area contributed by atoms with Gasteiger partial charge in [-0.15, -0.1) is 0 Å². The van der Waals surface area contributed by atoms with Crippen molar-refractivity contribution in [2.75, 3.05) is 19.6 Å². The zero-order chi connectivity index (χ0) is 16.4. The summed E-state index contributed by atoms with van der Waals surface area (Å²) in [6.07, 6.45) is -0.341. The number of aryl methyl sites for hydroxylation is 1. The lowest BCUT2D eigenvalue weighted by atomic mass is 10.2. The Kier molecular flexibility index (Phi) is 5.15. The van der Waals surface area contributed by atoms with Crippen molar-refractivity contribution in [3.63, 3.8) is 0 Å². The molecular formula is C14H24N4O4. The van der Waals surface area contributed by atoms with Crippen LogP contribution < -0.4 is 0 Å². The Balaban J connectivity index is 1.99. The van der Waals surface area contributed by atoms with Gasteiger partial charge >= 0.3 is 5.69 Å². The lowest BCUT2D eigenvalue weighted by Crippen LogP contribution is -2.48. The normalized spacial score (nSPS) is 24.4. The molecule has 2 rings (SSSR count). The summed E-state index contributed by atoms with van der Waals surface area (Å²) in [5.41, 5.74) is 0.884. The van der Waals surface area contributed by atoms with Gasteiger partial charge in [0.15, 0.2) is 0 Å². The van der Waals surface area contributed by atoms with Crippen LogP contribution in [0, 0.1) is 24.0 Å². The maximum absolute atomic E-state index is 11.0. The fraction of sp³-hybridized carbons (Fsp3) is 0.786. The van der Waals surface area contributed by atoms with Crippen molar-refractivity contribution >= 4 is 5.69 Å². The first-order valence-electron chi connectivity index (χ1n) is 7.52.